The van der Waals surface area contributed by atoms with Gasteiger partial charge >= 0.3 is 5.92 Å². The van der Waals surface area contributed by atoms with Gasteiger partial charge in [-0.05, 0) is 24.3 Å². The van der Waals surface area contributed by atoms with Gasteiger partial charge in [0.1, 0.15) is 5.82 Å². The van der Waals surface area contributed by atoms with Crippen molar-refractivity contribution < 1.29 is 18.0 Å². The molecule has 0 saturated heterocycles. The molecular formula is C9H6ClF3O. The molecule has 0 aliphatic carbocycles. The molecule has 76 valence electrons. The quantitative estimate of drug-likeness (QED) is 0.719. The minimum Gasteiger partial charge on any atom is -0.291 e. The van der Waals surface area contributed by atoms with E-state index in [1.807, 2.05) is 0 Å². The van der Waals surface area contributed by atoms with Gasteiger partial charge in [0.15, 0.2) is 0 Å². The fourth-order valence-electron chi connectivity index (χ4n) is 0.904. The Morgan fingerprint density at radius 1 is 1.29 bits per heavy atom. The van der Waals surface area contributed by atoms with E-state index in [2.05, 4.69) is 0 Å². The van der Waals surface area contributed by atoms with Crippen molar-refractivity contribution in [1.82, 2.24) is 0 Å². The van der Waals surface area contributed by atoms with Crippen LogP contribution in [0.3, 0.4) is 0 Å². The first kappa shape index (κ1) is 11.0. The lowest BCUT2D eigenvalue weighted by Crippen LogP contribution is -2.27. The molecule has 1 rings (SSSR count). The Balaban J connectivity index is 3.03. The van der Waals surface area contributed by atoms with Gasteiger partial charge in [0, 0.05) is 5.56 Å². The highest BCUT2D eigenvalue weighted by Crippen LogP contribution is 2.29. The number of hydrogen-bond donors (Lipinski definition) is 0. The van der Waals surface area contributed by atoms with Crippen molar-refractivity contribution in [3.8, 4) is 0 Å². The van der Waals surface area contributed by atoms with E-state index in [1.165, 1.54) is 0 Å². The number of ketones is 1. The van der Waals surface area contributed by atoms with E-state index in [0.29, 0.717) is 0 Å². The maximum absolute atomic E-state index is 13.1. The average molecular weight is 223 g/mol. The van der Waals surface area contributed by atoms with Crippen molar-refractivity contribution in [2.24, 2.45) is 0 Å². The zero-order valence-corrected chi connectivity index (χ0v) is 7.69. The Labute approximate surface area is 83.5 Å². The second kappa shape index (κ2) is 4.00. The molecule has 14 heavy (non-hydrogen) atoms. The number of carbonyl (C=O) groups excluding carboxylic acids is 1. The molecule has 0 aliphatic heterocycles. The van der Waals surface area contributed by atoms with Crippen molar-refractivity contribution in [2.75, 3.05) is 5.88 Å². The summed E-state index contributed by atoms with van der Waals surface area (Å²) in [7, 11) is 0. The summed E-state index contributed by atoms with van der Waals surface area (Å²) in [5.41, 5.74) is -0.551. The summed E-state index contributed by atoms with van der Waals surface area (Å²) in [5, 5.41) is 0. The van der Waals surface area contributed by atoms with Crippen molar-refractivity contribution in [2.45, 2.75) is 5.92 Å². The number of halogens is 4. The first-order valence-corrected chi connectivity index (χ1v) is 4.25. The largest absolute Gasteiger partial charge is 0.331 e. The molecule has 0 saturated carbocycles. The molecule has 0 bridgehead atoms. The van der Waals surface area contributed by atoms with E-state index in [1.54, 1.807) is 0 Å². The summed E-state index contributed by atoms with van der Waals surface area (Å²) in [6.07, 6.45) is 0. The number of Topliss-reactive ketones (excluding diaryl/α,β-unsaturated/α-hetero) is 1. The zero-order valence-electron chi connectivity index (χ0n) is 6.94. The maximum Gasteiger partial charge on any atom is 0.331 e. The normalized spacial score (nSPS) is 11.4. The van der Waals surface area contributed by atoms with Gasteiger partial charge in [0.25, 0.3) is 0 Å². The minimum absolute atomic E-state index is 0.551. The van der Waals surface area contributed by atoms with Crippen molar-refractivity contribution in [3.63, 3.8) is 0 Å². The van der Waals surface area contributed by atoms with Crippen LogP contribution in [0.4, 0.5) is 13.2 Å². The molecule has 1 aromatic rings. The van der Waals surface area contributed by atoms with Crippen LogP contribution in [-0.4, -0.2) is 11.7 Å². The summed E-state index contributed by atoms with van der Waals surface area (Å²) >= 11 is 5.01. The molecule has 0 spiro atoms. The van der Waals surface area contributed by atoms with Crippen LogP contribution in [0.15, 0.2) is 24.3 Å². The molecule has 0 amide bonds. The molecule has 5 heteroatoms. The second-order valence-electron chi connectivity index (χ2n) is 2.64. The highest BCUT2D eigenvalue weighted by Gasteiger charge is 2.39. The standard InChI is InChI=1S/C9H6ClF3O/c10-5-8(14)9(12,13)6-1-3-7(11)4-2-6/h1-4H,5H2. The lowest BCUT2D eigenvalue weighted by atomic mass is 10.1. The molecule has 0 fully saturated rings. The molecule has 1 nitrogen and oxygen atoms in total. The molecule has 0 heterocycles. The molecule has 0 aliphatic rings. The highest BCUT2D eigenvalue weighted by atomic mass is 35.5. The van der Waals surface area contributed by atoms with E-state index in [0.717, 1.165) is 24.3 Å². The molecule has 0 aromatic heterocycles. The smallest absolute Gasteiger partial charge is 0.291 e. The predicted molar refractivity (Wildman–Crippen MR) is 46.0 cm³/mol. The van der Waals surface area contributed by atoms with Crippen LogP contribution in [-0.2, 0) is 10.7 Å². The Bertz CT molecular complexity index is 334. The lowest BCUT2D eigenvalue weighted by molar-refractivity contribution is -0.141. The zero-order chi connectivity index (χ0) is 10.8. The van der Waals surface area contributed by atoms with Crippen LogP contribution in [0.1, 0.15) is 5.56 Å². The summed E-state index contributed by atoms with van der Waals surface area (Å²) in [6.45, 7) is 0. The van der Waals surface area contributed by atoms with E-state index in [9.17, 15) is 18.0 Å². The third-order valence-corrected chi connectivity index (χ3v) is 1.92. The van der Waals surface area contributed by atoms with Crippen LogP contribution < -0.4 is 0 Å². The predicted octanol–water partition coefficient (Wildman–Crippen LogP) is 2.73. The third kappa shape index (κ3) is 2.07. The minimum atomic E-state index is -3.64. The van der Waals surface area contributed by atoms with Crippen LogP contribution >= 0.6 is 11.6 Å². The van der Waals surface area contributed by atoms with E-state index in [4.69, 9.17) is 11.6 Å². The number of carbonyl (C=O) groups is 1. The van der Waals surface area contributed by atoms with Gasteiger partial charge in [-0.25, -0.2) is 4.39 Å². The van der Waals surface area contributed by atoms with Crippen molar-refractivity contribution >= 4 is 17.4 Å². The summed E-state index contributed by atoms with van der Waals surface area (Å²) in [4.78, 5) is 10.7. The second-order valence-corrected chi connectivity index (χ2v) is 2.91. The molecule has 0 N–H and O–H groups in total. The summed E-state index contributed by atoms with van der Waals surface area (Å²) in [6, 6.07) is 3.45. The molecular weight excluding hydrogens is 217 g/mol. The first-order valence-electron chi connectivity index (χ1n) is 3.71. The number of benzene rings is 1. The SMILES string of the molecule is O=C(CCl)C(F)(F)c1ccc(F)cc1. The van der Waals surface area contributed by atoms with Crippen LogP contribution in [0, 0.1) is 5.82 Å². The summed E-state index contributed by atoms with van der Waals surface area (Å²) in [5.74, 6) is -6.45. The molecule has 0 radical (unpaired) electrons. The van der Waals surface area contributed by atoms with Gasteiger partial charge in [0.2, 0.25) is 5.78 Å². The topological polar surface area (TPSA) is 17.1 Å². The number of hydrogen-bond acceptors (Lipinski definition) is 1. The van der Waals surface area contributed by atoms with Gasteiger partial charge in [-0.2, -0.15) is 8.78 Å². The fraction of sp³-hybridized carbons (Fsp3) is 0.222. The lowest BCUT2D eigenvalue weighted by Gasteiger charge is -2.13. The van der Waals surface area contributed by atoms with E-state index in [-0.39, 0.29) is 0 Å². The highest BCUT2D eigenvalue weighted by molar-refractivity contribution is 6.28. The molecule has 1 aromatic carbocycles. The van der Waals surface area contributed by atoms with Crippen LogP contribution in [0.25, 0.3) is 0 Å². The van der Waals surface area contributed by atoms with E-state index >= 15 is 0 Å². The van der Waals surface area contributed by atoms with E-state index < -0.39 is 29.0 Å². The monoisotopic (exact) mass is 222 g/mol. The average Bonchev–Trinajstić information content (AvgIpc) is 2.17. The van der Waals surface area contributed by atoms with Gasteiger partial charge < -0.3 is 0 Å². The van der Waals surface area contributed by atoms with Crippen molar-refractivity contribution in [3.05, 3.63) is 35.6 Å². The Morgan fingerprint density at radius 3 is 2.21 bits per heavy atom. The number of rotatable bonds is 3. The van der Waals surface area contributed by atoms with Crippen molar-refractivity contribution in [1.29, 1.82) is 0 Å². The fourth-order valence-corrected chi connectivity index (χ4v) is 1.07. The van der Waals surface area contributed by atoms with Crippen LogP contribution in [0.2, 0.25) is 0 Å². The Hall–Kier alpha value is -1.03. The van der Waals surface area contributed by atoms with Gasteiger partial charge in [-0.15, -0.1) is 11.6 Å². The maximum atomic E-state index is 13.1. The number of alkyl halides is 3. The van der Waals surface area contributed by atoms with Gasteiger partial charge in [-0.3, -0.25) is 4.79 Å². The Kier molecular flexibility index (Phi) is 3.16. The third-order valence-electron chi connectivity index (χ3n) is 1.68. The van der Waals surface area contributed by atoms with Crippen LogP contribution in [0.5, 0.6) is 0 Å². The Morgan fingerprint density at radius 2 is 1.79 bits per heavy atom. The summed E-state index contributed by atoms with van der Waals surface area (Å²) < 4.78 is 38.7. The molecule has 0 atom stereocenters. The van der Waals surface area contributed by atoms with Gasteiger partial charge in [-0.1, -0.05) is 0 Å². The molecule has 0 unspecified atom stereocenters. The van der Waals surface area contributed by atoms with Gasteiger partial charge in [0.05, 0.1) is 5.88 Å². The first-order chi connectivity index (χ1) is 6.48.